The van der Waals surface area contributed by atoms with Crippen LogP contribution in [-0.4, -0.2) is 27.9 Å². The van der Waals surface area contributed by atoms with E-state index in [1.54, 1.807) is 17.4 Å². The molecule has 2 heterocycles. The number of hydrogen-bond acceptors (Lipinski definition) is 3. The minimum Gasteiger partial charge on any atom is -0.519 e. The first kappa shape index (κ1) is 23.7. The first-order valence-corrected chi connectivity index (χ1v) is 7.94. The van der Waals surface area contributed by atoms with Crippen molar-refractivity contribution in [3.8, 4) is 10.6 Å². The Hall–Kier alpha value is -1.35. The molecule has 1 amide bonds. The average molecular weight is 393 g/mol. The molecule has 1 radical (unpaired) electrons. The molecule has 2 aromatic rings. The Morgan fingerprint density at radius 1 is 1.36 bits per heavy atom. The van der Waals surface area contributed by atoms with Gasteiger partial charge in [0.05, 0.1) is 10.6 Å². The standard InChI is InChI=1S/C17H16N2O2S.2H2O.Sc/c1-3-10(2)18-16(20)12-7-8-13(19-17(12)21)15-9-11-5-4-6-14(11)22-15;;;/h1,3,7-10H,2,4-6H2,(H,18,20)(H,19,21);2*1H2;/q-2;;;/t10-;;;/m0.../s1. The van der Waals surface area contributed by atoms with Crippen LogP contribution in [0.15, 0.2) is 29.1 Å². The molecule has 3 rings (SSSR count). The number of nitrogens with one attached hydrogen (secondary N) is 2. The molecule has 0 aromatic carbocycles. The molecule has 25 heavy (non-hydrogen) atoms. The predicted molar refractivity (Wildman–Crippen MR) is 95.1 cm³/mol. The van der Waals surface area contributed by atoms with E-state index in [0.717, 1.165) is 23.4 Å². The predicted octanol–water partition coefficient (Wildman–Crippen LogP) is 0.862. The van der Waals surface area contributed by atoms with Gasteiger partial charge in [0, 0.05) is 30.7 Å². The van der Waals surface area contributed by atoms with E-state index in [0.29, 0.717) is 0 Å². The van der Waals surface area contributed by atoms with Crippen molar-refractivity contribution in [2.24, 2.45) is 0 Å². The zero-order valence-electron chi connectivity index (χ0n) is 13.6. The van der Waals surface area contributed by atoms with Gasteiger partial charge in [-0.2, -0.15) is 0 Å². The summed E-state index contributed by atoms with van der Waals surface area (Å²) in [4.78, 5) is 29.3. The molecule has 2 aromatic heterocycles. The van der Waals surface area contributed by atoms with Crippen LogP contribution in [0.5, 0.6) is 0 Å². The Labute approximate surface area is 168 Å². The summed E-state index contributed by atoms with van der Waals surface area (Å²) < 4.78 is 0. The van der Waals surface area contributed by atoms with Crippen molar-refractivity contribution in [2.75, 3.05) is 0 Å². The summed E-state index contributed by atoms with van der Waals surface area (Å²) in [7, 11) is 0. The number of H-pyrrole nitrogens is 1. The minimum atomic E-state index is -0.535. The Morgan fingerprint density at radius 3 is 2.68 bits per heavy atom. The van der Waals surface area contributed by atoms with Crippen molar-refractivity contribution in [1.29, 1.82) is 0 Å². The number of fused-ring (bicyclic) bond motifs is 1. The smallest absolute Gasteiger partial charge is 0.261 e. The fraction of sp³-hybridized carbons (Fsp3) is 0.235. The van der Waals surface area contributed by atoms with E-state index in [2.05, 4.69) is 23.3 Å². The third-order valence-electron chi connectivity index (χ3n) is 3.71. The third-order valence-corrected chi connectivity index (χ3v) is 4.99. The topological polar surface area (TPSA) is 125 Å². The molecule has 6 nitrogen and oxygen atoms in total. The van der Waals surface area contributed by atoms with Gasteiger partial charge in [0.15, 0.2) is 0 Å². The summed E-state index contributed by atoms with van der Waals surface area (Å²) in [5.41, 5.74) is 1.77. The Morgan fingerprint density at radius 2 is 2.08 bits per heavy atom. The number of pyridine rings is 1. The Bertz CT molecular complexity index is 779. The number of hydrogen-bond donors (Lipinski definition) is 2. The van der Waals surface area contributed by atoms with Crippen LogP contribution in [0.2, 0.25) is 0 Å². The van der Waals surface area contributed by atoms with E-state index in [9.17, 15) is 9.59 Å². The molecule has 0 saturated carbocycles. The molecule has 0 fully saturated rings. The number of rotatable bonds is 4. The maximum Gasteiger partial charge on any atom is 0.261 e. The number of aromatic nitrogens is 1. The molecule has 8 heteroatoms. The largest absolute Gasteiger partial charge is 0.519 e. The van der Waals surface area contributed by atoms with Crippen LogP contribution in [0.1, 0.15) is 27.2 Å². The summed E-state index contributed by atoms with van der Waals surface area (Å²) in [6.45, 7) is 8.91. The first-order chi connectivity index (χ1) is 10.6. The summed E-state index contributed by atoms with van der Waals surface area (Å²) >= 11 is 1.71. The van der Waals surface area contributed by atoms with Gasteiger partial charge in [-0.3, -0.25) is 15.7 Å². The zero-order valence-corrected chi connectivity index (χ0v) is 16.2. The second kappa shape index (κ2) is 9.96. The van der Waals surface area contributed by atoms with Gasteiger partial charge in [-0.1, -0.05) is 0 Å². The third kappa shape index (κ3) is 5.07. The van der Waals surface area contributed by atoms with E-state index in [1.165, 1.54) is 29.0 Å². The van der Waals surface area contributed by atoms with Gasteiger partial charge in [-0.15, -0.1) is 17.4 Å². The van der Waals surface area contributed by atoms with Crippen LogP contribution in [0.3, 0.4) is 0 Å². The summed E-state index contributed by atoms with van der Waals surface area (Å²) in [6, 6.07) is 4.90. The van der Waals surface area contributed by atoms with Gasteiger partial charge in [-0.05, 0) is 43.0 Å². The van der Waals surface area contributed by atoms with E-state index in [1.807, 2.05) is 0 Å². The number of aryl methyl sites for hydroxylation is 2. The monoisotopic (exact) mass is 393 g/mol. The van der Waals surface area contributed by atoms with E-state index < -0.39 is 17.5 Å². The number of thiophene rings is 1. The normalized spacial score (nSPS) is 12.7. The van der Waals surface area contributed by atoms with Crippen molar-refractivity contribution in [3.05, 3.63) is 64.1 Å². The van der Waals surface area contributed by atoms with E-state index in [-0.39, 0.29) is 42.4 Å². The molecule has 0 bridgehead atoms. The first-order valence-electron chi connectivity index (χ1n) is 7.13. The molecular weight excluding hydrogens is 373 g/mol. The SMILES string of the molecule is O.O.[CH-]=C[C@H]([CH2-])NC(=O)c1ccc(-c2cc3c(s2)CCC3)[nH]c1=O.[Sc]. The van der Waals surface area contributed by atoms with Crippen molar-refractivity contribution >= 4 is 17.2 Å². The fourth-order valence-electron chi connectivity index (χ4n) is 2.55. The van der Waals surface area contributed by atoms with Gasteiger partial charge in [0.2, 0.25) is 0 Å². The molecule has 6 N–H and O–H groups in total. The maximum absolute atomic E-state index is 12.1. The summed E-state index contributed by atoms with van der Waals surface area (Å²) in [5, 5.41) is 2.53. The molecule has 0 spiro atoms. The van der Waals surface area contributed by atoms with Crippen molar-refractivity contribution < 1.29 is 41.6 Å². The fourth-order valence-corrected chi connectivity index (χ4v) is 3.79. The molecular formula is C17H20N2O4SSc-2. The maximum atomic E-state index is 12.1. The van der Waals surface area contributed by atoms with Crippen LogP contribution in [-0.2, 0) is 38.7 Å². The van der Waals surface area contributed by atoms with Gasteiger partial charge in [0.1, 0.15) is 5.56 Å². The van der Waals surface area contributed by atoms with Crippen molar-refractivity contribution in [3.63, 3.8) is 0 Å². The van der Waals surface area contributed by atoms with Crippen molar-refractivity contribution in [2.45, 2.75) is 25.3 Å². The summed E-state index contributed by atoms with van der Waals surface area (Å²) in [6.07, 6.45) is 4.69. The summed E-state index contributed by atoms with van der Waals surface area (Å²) in [5.74, 6) is -0.483. The van der Waals surface area contributed by atoms with Crippen LogP contribution in [0.25, 0.3) is 10.6 Å². The van der Waals surface area contributed by atoms with Gasteiger partial charge < -0.3 is 34.8 Å². The molecule has 133 valence electrons. The minimum absolute atomic E-state index is 0. The Kier molecular flexibility index (Phi) is 9.42. The number of amides is 1. The van der Waals surface area contributed by atoms with Crippen LogP contribution >= 0.6 is 11.3 Å². The van der Waals surface area contributed by atoms with Crippen LogP contribution in [0.4, 0.5) is 0 Å². The Balaban J connectivity index is 0.00000192. The van der Waals surface area contributed by atoms with Crippen LogP contribution < -0.4 is 10.9 Å². The van der Waals surface area contributed by atoms with Crippen molar-refractivity contribution in [1.82, 2.24) is 10.3 Å². The number of carbonyl (C=O) groups is 1. The number of carbonyl (C=O) groups excluding carboxylic acids is 1. The molecule has 0 unspecified atom stereocenters. The second-order valence-corrected chi connectivity index (χ2v) is 6.44. The van der Waals surface area contributed by atoms with Gasteiger partial charge >= 0.3 is 0 Å². The molecule has 1 aliphatic carbocycles. The molecule has 1 aliphatic rings. The van der Waals surface area contributed by atoms with Gasteiger partial charge in [-0.25, -0.2) is 0 Å². The van der Waals surface area contributed by atoms with E-state index >= 15 is 0 Å². The average Bonchev–Trinajstić information content (AvgIpc) is 3.07. The second-order valence-electron chi connectivity index (χ2n) is 5.30. The molecule has 0 aliphatic heterocycles. The molecule has 0 saturated heterocycles. The van der Waals surface area contributed by atoms with E-state index in [4.69, 9.17) is 6.58 Å². The quantitative estimate of drug-likeness (QED) is 0.748. The zero-order chi connectivity index (χ0) is 15.7. The molecule has 1 atom stereocenters. The van der Waals surface area contributed by atoms with Crippen LogP contribution in [0, 0.1) is 13.5 Å². The number of aromatic amines is 1. The van der Waals surface area contributed by atoms with Gasteiger partial charge in [0.25, 0.3) is 11.5 Å².